The van der Waals surface area contributed by atoms with E-state index in [9.17, 15) is 4.79 Å². The first-order valence-corrected chi connectivity index (χ1v) is 8.28. The highest BCUT2D eigenvalue weighted by Crippen LogP contribution is 2.23. The molecular weight excluding hydrogens is 324 g/mol. The lowest BCUT2D eigenvalue weighted by atomic mass is 10.3. The van der Waals surface area contributed by atoms with Gasteiger partial charge in [-0.3, -0.25) is 4.79 Å². The fraction of sp³-hybridized carbons (Fsp3) is 0.118. The van der Waals surface area contributed by atoms with Crippen LogP contribution in [-0.4, -0.2) is 20.4 Å². The third kappa shape index (κ3) is 2.59. The zero-order chi connectivity index (χ0) is 16.5. The summed E-state index contributed by atoms with van der Waals surface area (Å²) in [5.41, 5.74) is 2.33. The predicted molar refractivity (Wildman–Crippen MR) is 91.7 cm³/mol. The molecular formula is C17H14N4O2S. The van der Waals surface area contributed by atoms with Crippen molar-refractivity contribution >= 4 is 28.3 Å². The molecule has 4 aromatic rings. The molecule has 1 amide bonds. The second-order valence-corrected chi connectivity index (χ2v) is 6.13. The van der Waals surface area contributed by atoms with Gasteiger partial charge >= 0.3 is 0 Å². The van der Waals surface area contributed by atoms with Gasteiger partial charge in [0.05, 0.1) is 23.8 Å². The van der Waals surface area contributed by atoms with Crippen LogP contribution in [0.4, 0.5) is 0 Å². The quantitative estimate of drug-likeness (QED) is 0.620. The van der Waals surface area contributed by atoms with Crippen molar-refractivity contribution in [3.8, 4) is 10.8 Å². The smallest absolute Gasteiger partial charge is 0.271 e. The SMILES string of the molecule is Cn1c(CNC(=O)c2csc(-c3ccco3)n2)nc2ccccc21. The maximum Gasteiger partial charge on any atom is 0.271 e. The largest absolute Gasteiger partial charge is 0.462 e. The minimum atomic E-state index is -0.226. The molecule has 4 rings (SSSR count). The summed E-state index contributed by atoms with van der Waals surface area (Å²) in [6.07, 6.45) is 1.59. The molecule has 0 aliphatic rings. The maximum absolute atomic E-state index is 12.3. The van der Waals surface area contributed by atoms with E-state index in [1.807, 2.05) is 41.9 Å². The maximum atomic E-state index is 12.3. The van der Waals surface area contributed by atoms with E-state index in [0.29, 0.717) is 23.0 Å². The number of furan rings is 1. The van der Waals surface area contributed by atoms with Crippen LogP contribution < -0.4 is 5.32 Å². The number of imidazole rings is 1. The van der Waals surface area contributed by atoms with Gasteiger partial charge in [-0.1, -0.05) is 12.1 Å². The monoisotopic (exact) mass is 338 g/mol. The highest BCUT2D eigenvalue weighted by Gasteiger charge is 2.14. The Hall–Kier alpha value is -2.93. The van der Waals surface area contributed by atoms with E-state index in [1.54, 1.807) is 17.7 Å². The summed E-state index contributed by atoms with van der Waals surface area (Å²) >= 11 is 1.38. The normalized spacial score (nSPS) is 11.0. The van der Waals surface area contributed by atoms with Crippen LogP contribution in [0.5, 0.6) is 0 Å². The fourth-order valence-corrected chi connectivity index (χ4v) is 3.26. The van der Waals surface area contributed by atoms with Crippen molar-refractivity contribution < 1.29 is 9.21 Å². The summed E-state index contributed by atoms with van der Waals surface area (Å²) in [5.74, 6) is 1.23. The number of nitrogens with zero attached hydrogens (tertiary/aromatic N) is 3. The van der Waals surface area contributed by atoms with Crippen molar-refractivity contribution in [2.24, 2.45) is 7.05 Å². The van der Waals surface area contributed by atoms with E-state index in [2.05, 4.69) is 15.3 Å². The van der Waals surface area contributed by atoms with Gasteiger partial charge in [-0.15, -0.1) is 11.3 Å². The molecule has 0 saturated heterocycles. The van der Waals surface area contributed by atoms with E-state index in [4.69, 9.17) is 4.42 Å². The zero-order valence-electron chi connectivity index (χ0n) is 12.9. The number of hydrogen-bond donors (Lipinski definition) is 1. The summed E-state index contributed by atoms with van der Waals surface area (Å²) in [6, 6.07) is 11.5. The average Bonchev–Trinajstić information content (AvgIpc) is 3.33. The second-order valence-electron chi connectivity index (χ2n) is 5.27. The van der Waals surface area contributed by atoms with Crippen LogP contribution in [0.3, 0.4) is 0 Å². The molecule has 3 aromatic heterocycles. The summed E-state index contributed by atoms with van der Waals surface area (Å²) in [7, 11) is 1.94. The highest BCUT2D eigenvalue weighted by molar-refractivity contribution is 7.13. The number of carbonyl (C=O) groups excluding carboxylic acids is 1. The Morgan fingerprint density at radius 3 is 2.92 bits per heavy atom. The molecule has 0 aliphatic heterocycles. The predicted octanol–water partition coefficient (Wildman–Crippen LogP) is 3.22. The molecule has 0 saturated carbocycles. The first kappa shape index (κ1) is 14.6. The molecule has 0 bridgehead atoms. The molecule has 6 nitrogen and oxygen atoms in total. The number of aryl methyl sites for hydroxylation is 1. The second kappa shape index (κ2) is 5.93. The van der Waals surface area contributed by atoms with Gasteiger partial charge in [0.2, 0.25) is 0 Å². The van der Waals surface area contributed by atoms with E-state index in [0.717, 1.165) is 16.9 Å². The van der Waals surface area contributed by atoms with E-state index in [1.165, 1.54) is 11.3 Å². The van der Waals surface area contributed by atoms with Gasteiger partial charge in [-0.05, 0) is 24.3 Å². The van der Waals surface area contributed by atoms with Crippen molar-refractivity contribution in [1.29, 1.82) is 0 Å². The summed E-state index contributed by atoms with van der Waals surface area (Å²) in [5, 5.41) is 5.28. The van der Waals surface area contributed by atoms with Gasteiger partial charge in [0.15, 0.2) is 10.8 Å². The number of carbonyl (C=O) groups is 1. The number of nitrogens with one attached hydrogen (secondary N) is 1. The van der Waals surface area contributed by atoms with Crippen LogP contribution in [0, 0.1) is 0 Å². The first-order valence-electron chi connectivity index (χ1n) is 7.40. The molecule has 24 heavy (non-hydrogen) atoms. The summed E-state index contributed by atoms with van der Waals surface area (Å²) in [6.45, 7) is 0.345. The average molecular weight is 338 g/mol. The molecule has 3 heterocycles. The van der Waals surface area contributed by atoms with Gasteiger partial charge in [-0.2, -0.15) is 0 Å². The third-order valence-electron chi connectivity index (χ3n) is 3.76. The van der Waals surface area contributed by atoms with Crippen molar-refractivity contribution in [1.82, 2.24) is 19.9 Å². The minimum absolute atomic E-state index is 0.226. The Kier molecular flexibility index (Phi) is 3.62. The number of benzene rings is 1. The molecule has 7 heteroatoms. The van der Waals surface area contributed by atoms with Crippen LogP contribution in [-0.2, 0) is 13.6 Å². The van der Waals surface area contributed by atoms with Gasteiger partial charge in [0.1, 0.15) is 11.5 Å². The van der Waals surface area contributed by atoms with E-state index >= 15 is 0 Å². The fourth-order valence-electron chi connectivity index (χ4n) is 2.49. The number of thiazole rings is 1. The van der Waals surface area contributed by atoms with Gasteiger partial charge in [-0.25, -0.2) is 9.97 Å². The Balaban J connectivity index is 1.49. The van der Waals surface area contributed by atoms with Gasteiger partial charge in [0, 0.05) is 12.4 Å². The Bertz CT molecular complexity index is 1000. The van der Waals surface area contributed by atoms with Crippen LogP contribution in [0.2, 0.25) is 0 Å². The number of para-hydroxylation sites is 2. The molecule has 0 atom stereocenters. The first-order chi connectivity index (χ1) is 11.7. The number of rotatable bonds is 4. The van der Waals surface area contributed by atoms with Crippen molar-refractivity contribution in [3.63, 3.8) is 0 Å². The standard InChI is InChI=1S/C17H14N4O2S/c1-21-13-6-3-2-5-11(13)19-15(21)9-18-16(22)12-10-24-17(20-12)14-7-4-8-23-14/h2-8,10H,9H2,1H3,(H,18,22). The topological polar surface area (TPSA) is 73.0 Å². The van der Waals surface area contributed by atoms with Crippen molar-refractivity contribution in [2.75, 3.05) is 0 Å². The lowest BCUT2D eigenvalue weighted by Crippen LogP contribution is -2.24. The summed E-state index contributed by atoms with van der Waals surface area (Å²) < 4.78 is 7.27. The Morgan fingerprint density at radius 1 is 1.25 bits per heavy atom. The molecule has 0 spiro atoms. The lowest BCUT2D eigenvalue weighted by Gasteiger charge is -2.03. The van der Waals surface area contributed by atoms with Crippen molar-refractivity contribution in [3.05, 3.63) is 59.6 Å². The number of aromatic nitrogens is 3. The molecule has 0 fully saturated rings. The Labute approximate surface area is 141 Å². The van der Waals surface area contributed by atoms with Crippen LogP contribution in [0.25, 0.3) is 21.8 Å². The number of hydrogen-bond acceptors (Lipinski definition) is 5. The number of amides is 1. The highest BCUT2D eigenvalue weighted by atomic mass is 32.1. The summed E-state index contributed by atoms with van der Waals surface area (Å²) in [4.78, 5) is 21.1. The molecule has 0 radical (unpaired) electrons. The molecule has 120 valence electrons. The van der Waals surface area contributed by atoms with Crippen LogP contribution in [0.1, 0.15) is 16.3 Å². The van der Waals surface area contributed by atoms with Gasteiger partial charge in [0.25, 0.3) is 5.91 Å². The molecule has 1 aromatic carbocycles. The Morgan fingerprint density at radius 2 is 2.12 bits per heavy atom. The molecule has 0 aliphatic carbocycles. The van der Waals surface area contributed by atoms with Gasteiger partial charge < -0.3 is 14.3 Å². The third-order valence-corrected chi connectivity index (χ3v) is 4.61. The van der Waals surface area contributed by atoms with Crippen molar-refractivity contribution in [2.45, 2.75) is 6.54 Å². The number of fused-ring (bicyclic) bond motifs is 1. The minimum Gasteiger partial charge on any atom is -0.462 e. The zero-order valence-corrected chi connectivity index (χ0v) is 13.7. The molecule has 1 N–H and O–H groups in total. The molecule has 0 unspecified atom stereocenters. The lowest BCUT2D eigenvalue weighted by molar-refractivity contribution is 0.0945. The van der Waals surface area contributed by atoms with E-state index < -0.39 is 0 Å². The van der Waals surface area contributed by atoms with Crippen LogP contribution in [0.15, 0.2) is 52.5 Å². The van der Waals surface area contributed by atoms with Crippen LogP contribution >= 0.6 is 11.3 Å². The van der Waals surface area contributed by atoms with E-state index in [-0.39, 0.29) is 5.91 Å².